The zero-order valence-corrected chi connectivity index (χ0v) is 21.0. The first-order valence-corrected chi connectivity index (χ1v) is 11.9. The van der Waals surface area contributed by atoms with Crippen LogP contribution in [0.15, 0.2) is 83.4 Å². The smallest absolute Gasteiger partial charge is 0.414 e. The van der Waals surface area contributed by atoms with Gasteiger partial charge in [0.25, 0.3) is 5.91 Å². The molecule has 0 fully saturated rings. The fraction of sp³-hybridized carbons (Fsp3) is 0.138. The normalized spacial score (nSPS) is 12.0. The van der Waals surface area contributed by atoms with Crippen LogP contribution in [0.2, 0.25) is 0 Å². The molecule has 0 saturated carbocycles. The Kier molecular flexibility index (Phi) is 8.02. The molecule has 0 saturated heterocycles. The predicted octanol–water partition coefficient (Wildman–Crippen LogP) is 5.96. The third-order valence-electron chi connectivity index (χ3n) is 6.05. The summed E-state index contributed by atoms with van der Waals surface area (Å²) in [6.07, 6.45) is -1.33. The van der Waals surface area contributed by atoms with Crippen molar-refractivity contribution in [2.24, 2.45) is 0 Å². The van der Waals surface area contributed by atoms with E-state index in [-0.39, 0.29) is 22.7 Å². The number of nitrogens with zero attached hydrogens (tertiary/aromatic N) is 2. The van der Waals surface area contributed by atoms with Crippen molar-refractivity contribution in [3.63, 3.8) is 0 Å². The molecule has 0 aliphatic rings. The molecule has 10 nitrogen and oxygen atoms in total. The maximum atomic E-state index is 12.9. The molecule has 0 spiro atoms. The molecule has 0 bridgehead atoms. The molecule has 10 heteroatoms. The SMILES string of the molecule is CC(OC(=O)Nc1onc(C#N)c1-c1ccc(C(=O)Nc2ccccc2C(C)C(=O)O)cc1)c1ccccc1. The van der Waals surface area contributed by atoms with Crippen molar-refractivity contribution in [1.82, 2.24) is 5.16 Å². The minimum absolute atomic E-state index is 0.0600. The second-order valence-corrected chi connectivity index (χ2v) is 8.61. The van der Waals surface area contributed by atoms with Gasteiger partial charge in [-0.25, -0.2) is 4.79 Å². The number of rotatable bonds is 8. The summed E-state index contributed by atoms with van der Waals surface area (Å²) in [5.41, 5.74) is 2.60. The Morgan fingerprint density at radius 2 is 1.62 bits per heavy atom. The Bertz CT molecular complexity index is 1540. The Balaban J connectivity index is 1.51. The Hall–Kier alpha value is -5.43. The molecule has 4 rings (SSSR count). The molecular weight excluding hydrogens is 500 g/mol. The van der Waals surface area contributed by atoms with Gasteiger partial charge >= 0.3 is 12.1 Å². The monoisotopic (exact) mass is 524 g/mol. The molecule has 1 aromatic heterocycles. The van der Waals surface area contributed by atoms with Crippen LogP contribution in [0.25, 0.3) is 11.1 Å². The molecule has 2 atom stereocenters. The van der Waals surface area contributed by atoms with Gasteiger partial charge in [-0.1, -0.05) is 65.8 Å². The number of aliphatic carboxylic acids is 1. The van der Waals surface area contributed by atoms with Crippen LogP contribution in [0.5, 0.6) is 0 Å². The van der Waals surface area contributed by atoms with Crippen LogP contribution < -0.4 is 10.6 Å². The maximum Gasteiger partial charge on any atom is 0.414 e. The van der Waals surface area contributed by atoms with Crippen LogP contribution in [0, 0.1) is 11.3 Å². The van der Waals surface area contributed by atoms with E-state index >= 15 is 0 Å². The van der Waals surface area contributed by atoms with Gasteiger partial charge in [0, 0.05) is 11.3 Å². The standard InChI is InChI=1S/C29H24N4O6/c1-17(28(35)36)22-10-6-7-11-23(22)31-26(34)21-14-12-20(13-15-21)25-24(16-30)33-39-27(25)32-29(37)38-18(2)19-8-4-3-5-9-19/h3-15,17-18H,1-2H3,(H,31,34)(H,32,37)(H,35,36). The summed E-state index contributed by atoms with van der Waals surface area (Å²) in [6.45, 7) is 3.26. The van der Waals surface area contributed by atoms with Crippen LogP contribution in [0.1, 0.15) is 53.0 Å². The summed E-state index contributed by atoms with van der Waals surface area (Å²) < 4.78 is 10.6. The second-order valence-electron chi connectivity index (χ2n) is 8.61. The van der Waals surface area contributed by atoms with Crippen LogP contribution in [0.4, 0.5) is 16.4 Å². The molecule has 3 N–H and O–H groups in total. The van der Waals surface area contributed by atoms with Crippen molar-refractivity contribution in [2.45, 2.75) is 25.9 Å². The van der Waals surface area contributed by atoms with E-state index in [0.29, 0.717) is 16.8 Å². The van der Waals surface area contributed by atoms with Gasteiger partial charge < -0.3 is 19.7 Å². The highest BCUT2D eigenvalue weighted by molar-refractivity contribution is 6.05. The van der Waals surface area contributed by atoms with E-state index < -0.39 is 30.0 Å². The molecule has 4 aromatic rings. The van der Waals surface area contributed by atoms with Gasteiger partial charge in [0.1, 0.15) is 12.2 Å². The van der Waals surface area contributed by atoms with Crippen molar-refractivity contribution < 1.29 is 28.8 Å². The van der Waals surface area contributed by atoms with E-state index in [1.165, 1.54) is 19.1 Å². The summed E-state index contributed by atoms with van der Waals surface area (Å²) in [5.74, 6) is -2.35. The van der Waals surface area contributed by atoms with E-state index in [9.17, 15) is 24.8 Å². The predicted molar refractivity (Wildman–Crippen MR) is 142 cm³/mol. The lowest BCUT2D eigenvalue weighted by atomic mass is 9.99. The highest BCUT2D eigenvalue weighted by atomic mass is 16.6. The molecule has 2 unspecified atom stereocenters. The number of benzene rings is 3. The molecule has 0 aliphatic carbocycles. The average Bonchev–Trinajstić information content (AvgIpc) is 3.35. The van der Waals surface area contributed by atoms with Crippen molar-refractivity contribution in [3.8, 4) is 17.2 Å². The van der Waals surface area contributed by atoms with Gasteiger partial charge in [-0.2, -0.15) is 5.26 Å². The molecule has 2 amide bonds. The van der Waals surface area contributed by atoms with Gasteiger partial charge in [-0.3, -0.25) is 14.9 Å². The first-order chi connectivity index (χ1) is 18.8. The number of amides is 2. The minimum atomic E-state index is -1.01. The lowest BCUT2D eigenvalue weighted by molar-refractivity contribution is -0.138. The highest BCUT2D eigenvalue weighted by Gasteiger charge is 2.23. The van der Waals surface area contributed by atoms with Crippen molar-refractivity contribution >= 4 is 29.5 Å². The van der Waals surface area contributed by atoms with Crippen LogP contribution in [0.3, 0.4) is 0 Å². The summed E-state index contributed by atoms with van der Waals surface area (Å²) in [4.78, 5) is 36.9. The summed E-state index contributed by atoms with van der Waals surface area (Å²) in [6, 6.07) is 24.0. The van der Waals surface area contributed by atoms with E-state index in [1.807, 2.05) is 36.4 Å². The number of hydrogen-bond donors (Lipinski definition) is 3. The lowest BCUT2D eigenvalue weighted by Crippen LogP contribution is -2.16. The topological polar surface area (TPSA) is 155 Å². The molecule has 1 heterocycles. The first kappa shape index (κ1) is 26.6. The zero-order chi connectivity index (χ0) is 27.9. The number of nitrogens with one attached hydrogen (secondary N) is 2. The van der Waals surface area contributed by atoms with Gasteiger partial charge in [0.05, 0.1) is 11.5 Å². The zero-order valence-electron chi connectivity index (χ0n) is 21.0. The molecule has 0 radical (unpaired) electrons. The summed E-state index contributed by atoms with van der Waals surface area (Å²) >= 11 is 0. The maximum absolute atomic E-state index is 12.9. The second kappa shape index (κ2) is 11.7. The Morgan fingerprint density at radius 1 is 0.949 bits per heavy atom. The third-order valence-corrected chi connectivity index (χ3v) is 6.05. The molecule has 196 valence electrons. The van der Waals surface area contributed by atoms with Gasteiger partial charge in [-0.05, 0) is 48.7 Å². The van der Waals surface area contributed by atoms with Gasteiger partial charge in [0.15, 0.2) is 5.69 Å². The van der Waals surface area contributed by atoms with Crippen LogP contribution >= 0.6 is 0 Å². The van der Waals surface area contributed by atoms with Gasteiger partial charge in [0.2, 0.25) is 5.88 Å². The fourth-order valence-corrected chi connectivity index (χ4v) is 3.90. The number of carboxylic acids is 1. The summed E-state index contributed by atoms with van der Waals surface area (Å²) in [7, 11) is 0. The lowest BCUT2D eigenvalue weighted by Gasteiger charge is -2.14. The summed E-state index contributed by atoms with van der Waals surface area (Å²) in [5, 5.41) is 27.8. The number of aromatic nitrogens is 1. The largest absolute Gasteiger partial charge is 0.481 e. The molecule has 0 aliphatic heterocycles. The van der Waals surface area contributed by atoms with E-state index in [0.717, 1.165) is 5.56 Å². The quantitative estimate of drug-likeness (QED) is 0.255. The molecule has 39 heavy (non-hydrogen) atoms. The van der Waals surface area contributed by atoms with Crippen LogP contribution in [-0.2, 0) is 9.53 Å². The number of hydrogen-bond acceptors (Lipinski definition) is 7. The highest BCUT2D eigenvalue weighted by Crippen LogP contribution is 2.32. The number of nitriles is 1. The third kappa shape index (κ3) is 6.11. The Labute approximate surface area is 223 Å². The minimum Gasteiger partial charge on any atom is -0.481 e. The number of carbonyl (C=O) groups is 3. The number of anilines is 2. The van der Waals surface area contributed by atoms with Crippen molar-refractivity contribution in [3.05, 3.63) is 101 Å². The molecule has 3 aromatic carbocycles. The van der Waals surface area contributed by atoms with Crippen molar-refractivity contribution in [2.75, 3.05) is 10.6 Å². The number of carbonyl (C=O) groups excluding carboxylic acids is 2. The average molecular weight is 525 g/mol. The molecular formula is C29H24N4O6. The Morgan fingerprint density at radius 3 is 2.28 bits per heavy atom. The number of ether oxygens (including phenoxy) is 1. The fourth-order valence-electron chi connectivity index (χ4n) is 3.90. The number of para-hydroxylation sites is 1. The first-order valence-electron chi connectivity index (χ1n) is 11.9. The van der Waals surface area contributed by atoms with Gasteiger partial charge in [-0.15, -0.1) is 0 Å². The van der Waals surface area contributed by atoms with Crippen LogP contribution in [-0.4, -0.2) is 28.2 Å². The van der Waals surface area contributed by atoms with Crippen molar-refractivity contribution in [1.29, 1.82) is 5.26 Å². The van der Waals surface area contributed by atoms with E-state index in [2.05, 4.69) is 15.8 Å². The number of carboxylic acid groups (broad SMARTS) is 1. The van der Waals surface area contributed by atoms with E-state index in [1.54, 1.807) is 43.3 Å². The van der Waals surface area contributed by atoms with E-state index in [4.69, 9.17) is 9.26 Å².